The SMILES string of the molecule is COc1ccccc1OCC(=O)Nc1ccc2c(c1)oc(=O)n2C. The Hall–Kier alpha value is -3.22. The van der Waals surface area contributed by atoms with Crippen LogP contribution in [0.4, 0.5) is 5.69 Å². The van der Waals surface area contributed by atoms with Gasteiger partial charge >= 0.3 is 5.76 Å². The molecule has 24 heavy (non-hydrogen) atoms. The molecule has 0 bridgehead atoms. The number of aryl methyl sites for hydroxylation is 1. The molecule has 0 spiro atoms. The third-order valence-electron chi connectivity index (χ3n) is 3.50. The van der Waals surface area contributed by atoms with E-state index in [1.807, 2.05) is 6.07 Å². The van der Waals surface area contributed by atoms with E-state index in [0.717, 1.165) is 0 Å². The number of amides is 1. The average molecular weight is 328 g/mol. The molecule has 0 saturated heterocycles. The molecule has 0 saturated carbocycles. The first-order chi connectivity index (χ1) is 11.6. The molecule has 0 fully saturated rings. The first-order valence-electron chi connectivity index (χ1n) is 7.24. The number of aromatic nitrogens is 1. The number of carbonyl (C=O) groups excluding carboxylic acids is 1. The highest BCUT2D eigenvalue weighted by Gasteiger charge is 2.10. The van der Waals surface area contributed by atoms with Gasteiger partial charge in [0.1, 0.15) is 0 Å². The van der Waals surface area contributed by atoms with Crippen molar-refractivity contribution in [3.8, 4) is 11.5 Å². The van der Waals surface area contributed by atoms with E-state index in [1.165, 1.54) is 11.7 Å². The zero-order valence-electron chi connectivity index (χ0n) is 13.2. The van der Waals surface area contributed by atoms with Crippen molar-refractivity contribution in [3.63, 3.8) is 0 Å². The maximum Gasteiger partial charge on any atom is 0.419 e. The van der Waals surface area contributed by atoms with Crippen LogP contribution >= 0.6 is 0 Å². The van der Waals surface area contributed by atoms with E-state index < -0.39 is 5.76 Å². The van der Waals surface area contributed by atoms with E-state index in [9.17, 15) is 9.59 Å². The Morgan fingerprint density at radius 3 is 2.71 bits per heavy atom. The Kier molecular flexibility index (Phi) is 4.24. The average Bonchev–Trinajstić information content (AvgIpc) is 2.87. The van der Waals surface area contributed by atoms with Crippen LogP contribution in [0.15, 0.2) is 51.7 Å². The van der Waals surface area contributed by atoms with Crippen LogP contribution in [0.3, 0.4) is 0 Å². The summed E-state index contributed by atoms with van der Waals surface area (Å²) >= 11 is 0. The molecule has 1 heterocycles. The van der Waals surface area contributed by atoms with E-state index in [0.29, 0.717) is 28.3 Å². The van der Waals surface area contributed by atoms with Gasteiger partial charge in [-0.15, -0.1) is 0 Å². The highest BCUT2D eigenvalue weighted by Crippen LogP contribution is 2.25. The van der Waals surface area contributed by atoms with Gasteiger partial charge in [-0.2, -0.15) is 0 Å². The second-order valence-electron chi connectivity index (χ2n) is 5.10. The number of benzene rings is 2. The summed E-state index contributed by atoms with van der Waals surface area (Å²) in [7, 11) is 3.15. The summed E-state index contributed by atoms with van der Waals surface area (Å²) in [6.07, 6.45) is 0. The molecular formula is C17H16N2O5. The fourth-order valence-corrected chi connectivity index (χ4v) is 2.29. The lowest BCUT2D eigenvalue weighted by molar-refractivity contribution is -0.118. The topological polar surface area (TPSA) is 82.7 Å². The predicted molar refractivity (Wildman–Crippen MR) is 88.6 cm³/mol. The van der Waals surface area contributed by atoms with Gasteiger partial charge in [-0.3, -0.25) is 9.36 Å². The highest BCUT2D eigenvalue weighted by molar-refractivity contribution is 5.93. The second kappa shape index (κ2) is 6.49. The van der Waals surface area contributed by atoms with Crippen LogP contribution in [0.25, 0.3) is 11.1 Å². The quantitative estimate of drug-likeness (QED) is 0.776. The summed E-state index contributed by atoms with van der Waals surface area (Å²) in [6, 6.07) is 12.1. The maximum absolute atomic E-state index is 12.0. The van der Waals surface area contributed by atoms with Crippen LogP contribution in [0.2, 0.25) is 0 Å². The standard InChI is InChI=1S/C17H16N2O5/c1-19-12-8-7-11(9-15(12)24-17(19)21)18-16(20)10-23-14-6-4-3-5-13(14)22-2/h3-9H,10H2,1-2H3,(H,18,20). The number of methoxy groups -OCH3 is 1. The minimum Gasteiger partial charge on any atom is -0.493 e. The molecule has 0 atom stereocenters. The molecule has 2 aromatic carbocycles. The first kappa shape index (κ1) is 15.7. The third-order valence-corrected chi connectivity index (χ3v) is 3.50. The van der Waals surface area contributed by atoms with Crippen molar-refractivity contribution in [2.75, 3.05) is 19.0 Å². The fourth-order valence-electron chi connectivity index (χ4n) is 2.29. The molecule has 3 rings (SSSR count). The van der Waals surface area contributed by atoms with Crippen LogP contribution < -0.4 is 20.5 Å². The minimum atomic E-state index is -0.451. The van der Waals surface area contributed by atoms with Gasteiger partial charge in [0.25, 0.3) is 5.91 Å². The maximum atomic E-state index is 12.0. The Bertz CT molecular complexity index is 942. The summed E-state index contributed by atoms with van der Waals surface area (Å²) in [4.78, 5) is 23.5. The number of anilines is 1. The predicted octanol–water partition coefficient (Wildman–Crippen LogP) is 2.16. The lowest BCUT2D eigenvalue weighted by Crippen LogP contribution is -2.20. The van der Waals surface area contributed by atoms with Crippen LogP contribution in [0.1, 0.15) is 0 Å². The van der Waals surface area contributed by atoms with Crippen molar-refractivity contribution in [3.05, 3.63) is 53.0 Å². The first-order valence-corrected chi connectivity index (χ1v) is 7.24. The van der Waals surface area contributed by atoms with E-state index in [2.05, 4.69) is 5.32 Å². The van der Waals surface area contributed by atoms with E-state index in [1.54, 1.807) is 43.4 Å². The number of carbonyl (C=O) groups is 1. The Morgan fingerprint density at radius 2 is 1.96 bits per heavy atom. The smallest absolute Gasteiger partial charge is 0.419 e. The zero-order valence-corrected chi connectivity index (χ0v) is 13.2. The van der Waals surface area contributed by atoms with E-state index >= 15 is 0 Å². The van der Waals surface area contributed by atoms with Crippen molar-refractivity contribution in [1.82, 2.24) is 4.57 Å². The molecule has 0 aliphatic carbocycles. The summed E-state index contributed by atoms with van der Waals surface area (Å²) < 4.78 is 17.1. The number of rotatable bonds is 5. The van der Waals surface area contributed by atoms with Gasteiger partial charge in [-0.05, 0) is 24.3 Å². The lowest BCUT2D eigenvalue weighted by atomic mass is 10.3. The van der Waals surface area contributed by atoms with Crippen molar-refractivity contribution >= 4 is 22.7 Å². The molecule has 0 unspecified atom stereocenters. The Morgan fingerprint density at radius 1 is 1.21 bits per heavy atom. The number of fused-ring (bicyclic) bond motifs is 1. The van der Waals surface area contributed by atoms with E-state index in [-0.39, 0.29) is 12.5 Å². The van der Waals surface area contributed by atoms with Crippen molar-refractivity contribution < 1.29 is 18.7 Å². The van der Waals surface area contributed by atoms with Crippen molar-refractivity contribution in [2.24, 2.45) is 7.05 Å². The van der Waals surface area contributed by atoms with Gasteiger partial charge in [0, 0.05) is 18.8 Å². The lowest BCUT2D eigenvalue weighted by Gasteiger charge is -2.10. The Labute approximate surface area is 137 Å². The van der Waals surface area contributed by atoms with Crippen molar-refractivity contribution in [1.29, 1.82) is 0 Å². The number of oxazole rings is 1. The summed E-state index contributed by atoms with van der Waals surface area (Å²) in [5, 5.41) is 2.69. The summed E-state index contributed by atoms with van der Waals surface area (Å²) in [5.41, 5.74) is 1.58. The highest BCUT2D eigenvalue weighted by atomic mass is 16.5. The molecule has 0 aliphatic rings. The van der Waals surface area contributed by atoms with Crippen LogP contribution in [0.5, 0.6) is 11.5 Å². The molecule has 0 aliphatic heterocycles. The van der Waals surface area contributed by atoms with Gasteiger partial charge in [0.2, 0.25) is 0 Å². The molecule has 1 amide bonds. The van der Waals surface area contributed by atoms with Gasteiger partial charge in [-0.25, -0.2) is 4.79 Å². The number of para-hydroxylation sites is 2. The molecule has 0 radical (unpaired) electrons. The number of nitrogens with zero attached hydrogens (tertiary/aromatic N) is 1. The van der Waals surface area contributed by atoms with Gasteiger partial charge in [-0.1, -0.05) is 12.1 Å². The largest absolute Gasteiger partial charge is 0.493 e. The minimum absolute atomic E-state index is 0.169. The molecule has 7 heteroatoms. The normalized spacial score (nSPS) is 10.6. The van der Waals surface area contributed by atoms with Crippen molar-refractivity contribution in [2.45, 2.75) is 0 Å². The molecule has 1 aromatic heterocycles. The number of hydrogen-bond donors (Lipinski definition) is 1. The number of nitrogens with one attached hydrogen (secondary N) is 1. The fraction of sp³-hybridized carbons (Fsp3) is 0.176. The molecule has 1 N–H and O–H groups in total. The number of ether oxygens (including phenoxy) is 2. The summed E-state index contributed by atoms with van der Waals surface area (Å²) in [5.74, 6) is 0.254. The van der Waals surface area contributed by atoms with Gasteiger partial charge in [0.05, 0.1) is 12.6 Å². The van der Waals surface area contributed by atoms with Crippen LogP contribution in [-0.4, -0.2) is 24.2 Å². The monoisotopic (exact) mass is 328 g/mol. The second-order valence-corrected chi connectivity index (χ2v) is 5.10. The van der Waals surface area contributed by atoms with Gasteiger partial charge < -0.3 is 19.2 Å². The zero-order chi connectivity index (χ0) is 17.1. The molecular weight excluding hydrogens is 312 g/mol. The van der Waals surface area contributed by atoms with Crippen LogP contribution in [0, 0.1) is 0 Å². The van der Waals surface area contributed by atoms with Crippen LogP contribution in [-0.2, 0) is 11.8 Å². The Balaban J connectivity index is 1.67. The van der Waals surface area contributed by atoms with E-state index in [4.69, 9.17) is 13.9 Å². The third kappa shape index (κ3) is 3.10. The van der Waals surface area contributed by atoms with Gasteiger partial charge in [0.15, 0.2) is 23.7 Å². The molecule has 3 aromatic rings. The molecule has 124 valence electrons. The number of hydrogen-bond acceptors (Lipinski definition) is 5. The summed E-state index contributed by atoms with van der Waals surface area (Å²) in [6.45, 7) is -0.169. The molecule has 7 nitrogen and oxygen atoms in total.